The van der Waals surface area contributed by atoms with Crippen LogP contribution in [0, 0.1) is 6.92 Å². The molecule has 1 aromatic rings. The van der Waals surface area contributed by atoms with Crippen molar-refractivity contribution in [3.63, 3.8) is 0 Å². The largest absolute Gasteiger partial charge is 0.480 e. The summed E-state index contributed by atoms with van der Waals surface area (Å²) in [6.45, 7) is 3.10. The van der Waals surface area contributed by atoms with Crippen molar-refractivity contribution in [1.29, 1.82) is 0 Å². The summed E-state index contributed by atoms with van der Waals surface area (Å²) >= 11 is 0. The van der Waals surface area contributed by atoms with E-state index in [0.29, 0.717) is 5.69 Å². The molecule has 104 valence electrons. The maximum atomic E-state index is 11.1. The van der Waals surface area contributed by atoms with Gasteiger partial charge in [0.25, 0.3) is 0 Å². The summed E-state index contributed by atoms with van der Waals surface area (Å²) in [6.07, 6.45) is 0. The van der Waals surface area contributed by atoms with Crippen molar-refractivity contribution in [2.24, 2.45) is 0 Å². The number of ether oxygens (including phenoxy) is 2. The first-order valence-electron chi connectivity index (χ1n) is 5.61. The van der Waals surface area contributed by atoms with E-state index in [9.17, 15) is 9.59 Å². The third kappa shape index (κ3) is 5.66. The number of anilines is 1. The van der Waals surface area contributed by atoms with E-state index in [0.717, 1.165) is 0 Å². The van der Waals surface area contributed by atoms with Gasteiger partial charge in [-0.05, 0) is 13.8 Å². The van der Waals surface area contributed by atoms with E-state index in [1.807, 2.05) is 0 Å². The van der Waals surface area contributed by atoms with Crippen LogP contribution < -0.4 is 10.1 Å². The van der Waals surface area contributed by atoms with Gasteiger partial charge in [-0.1, -0.05) is 0 Å². The van der Waals surface area contributed by atoms with Crippen molar-refractivity contribution >= 4 is 17.9 Å². The minimum atomic E-state index is -1.03. The number of carbonyl (C=O) groups is 2. The molecule has 1 heterocycles. The van der Waals surface area contributed by atoms with Crippen molar-refractivity contribution in [1.82, 2.24) is 9.97 Å². The highest BCUT2D eigenvalue weighted by molar-refractivity contribution is 5.72. The molecular formula is C11H15N3O5. The van der Waals surface area contributed by atoms with Gasteiger partial charge in [0, 0.05) is 11.8 Å². The minimum absolute atomic E-state index is 0.126. The van der Waals surface area contributed by atoms with E-state index in [4.69, 9.17) is 14.6 Å². The summed E-state index contributed by atoms with van der Waals surface area (Å²) < 4.78 is 9.84. The van der Waals surface area contributed by atoms with Crippen LogP contribution in [-0.2, 0) is 14.3 Å². The van der Waals surface area contributed by atoms with E-state index in [1.54, 1.807) is 13.8 Å². The van der Waals surface area contributed by atoms with Crippen molar-refractivity contribution in [3.05, 3.63) is 11.8 Å². The van der Waals surface area contributed by atoms with Gasteiger partial charge < -0.3 is 19.9 Å². The fraction of sp³-hybridized carbons (Fsp3) is 0.455. The molecule has 0 unspecified atom stereocenters. The van der Waals surface area contributed by atoms with Crippen molar-refractivity contribution < 1.29 is 24.2 Å². The number of nitrogens with one attached hydrogen (secondary N) is 1. The van der Waals surface area contributed by atoms with Crippen LogP contribution in [-0.4, -0.2) is 46.8 Å². The Morgan fingerprint density at radius 3 is 2.79 bits per heavy atom. The number of rotatable bonds is 7. The molecular weight excluding hydrogens is 254 g/mol. The Labute approximate surface area is 109 Å². The number of hydrogen-bond acceptors (Lipinski definition) is 7. The molecule has 0 atom stereocenters. The second-order valence-electron chi connectivity index (χ2n) is 3.51. The molecule has 0 aliphatic rings. The number of hydrogen-bond donors (Lipinski definition) is 2. The van der Waals surface area contributed by atoms with Crippen molar-refractivity contribution in [2.75, 3.05) is 25.1 Å². The van der Waals surface area contributed by atoms with Crippen molar-refractivity contribution in [2.45, 2.75) is 13.8 Å². The summed E-state index contributed by atoms with van der Waals surface area (Å²) in [4.78, 5) is 29.4. The lowest BCUT2D eigenvalue weighted by molar-refractivity contribution is -0.145. The maximum absolute atomic E-state index is 11.1. The lowest BCUT2D eigenvalue weighted by Crippen LogP contribution is -2.17. The predicted molar refractivity (Wildman–Crippen MR) is 65.0 cm³/mol. The molecule has 19 heavy (non-hydrogen) atoms. The lowest BCUT2D eigenvalue weighted by atomic mass is 10.4. The molecule has 8 nitrogen and oxygen atoms in total. The number of nitrogens with zero attached hydrogens (tertiary/aromatic N) is 2. The molecule has 0 saturated carbocycles. The van der Waals surface area contributed by atoms with Crippen LogP contribution in [0.25, 0.3) is 0 Å². The predicted octanol–water partition coefficient (Wildman–Crippen LogP) is 0.223. The summed E-state index contributed by atoms with van der Waals surface area (Å²) in [5, 5.41) is 11.1. The second-order valence-corrected chi connectivity index (χ2v) is 3.51. The highest BCUT2D eigenvalue weighted by atomic mass is 16.6. The molecule has 0 aromatic carbocycles. The SMILES string of the molecule is CCOC(=O)COc1cc(C)nc(NCC(=O)O)n1. The highest BCUT2D eigenvalue weighted by Gasteiger charge is 2.07. The fourth-order valence-electron chi connectivity index (χ4n) is 1.18. The number of aliphatic carboxylic acids is 1. The number of carboxylic acid groups (broad SMARTS) is 1. The topological polar surface area (TPSA) is 111 Å². The second kappa shape index (κ2) is 7.14. The third-order valence-corrected chi connectivity index (χ3v) is 1.87. The van der Waals surface area contributed by atoms with Gasteiger partial charge in [-0.15, -0.1) is 0 Å². The molecule has 1 rings (SSSR count). The van der Waals surface area contributed by atoms with E-state index in [-0.39, 0.29) is 31.6 Å². The summed E-state index contributed by atoms with van der Waals surface area (Å²) in [5.41, 5.74) is 0.585. The molecule has 1 aromatic heterocycles. The molecule has 0 radical (unpaired) electrons. The molecule has 0 aliphatic carbocycles. The summed E-state index contributed by atoms with van der Waals surface area (Å²) in [7, 11) is 0. The zero-order valence-electron chi connectivity index (χ0n) is 10.7. The van der Waals surface area contributed by atoms with Crippen LogP contribution >= 0.6 is 0 Å². The molecule has 0 amide bonds. The van der Waals surface area contributed by atoms with Gasteiger partial charge in [-0.3, -0.25) is 4.79 Å². The van der Waals surface area contributed by atoms with Gasteiger partial charge in [-0.25, -0.2) is 9.78 Å². The number of esters is 1. The first kappa shape index (κ1) is 14.7. The minimum Gasteiger partial charge on any atom is -0.480 e. The molecule has 2 N–H and O–H groups in total. The highest BCUT2D eigenvalue weighted by Crippen LogP contribution is 2.11. The Morgan fingerprint density at radius 1 is 1.42 bits per heavy atom. The average molecular weight is 269 g/mol. The average Bonchev–Trinajstić information content (AvgIpc) is 2.34. The van der Waals surface area contributed by atoms with Gasteiger partial charge in [0.15, 0.2) is 6.61 Å². The smallest absolute Gasteiger partial charge is 0.344 e. The Kier molecular flexibility index (Phi) is 5.52. The number of carbonyl (C=O) groups excluding carboxylic acids is 1. The van der Waals surface area contributed by atoms with E-state index in [1.165, 1.54) is 6.07 Å². The molecule has 8 heteroatoms. The Hall–Kier alpha value is -2.38. The first-order chi connectivity index (χ1) is 9.01. The number of carboxylic acids is 1. The Morgan fingerprint density at radius 2 is 2.16 bits per heavy atom. The third-order valence-electron chi connectivity index (χ3n) is 1.87. The molecule has 0 spiro atoms. The molecule has 0 bridgehead atoms. The van der Waals surface area contributed by atoms with Crippen LogP contribution in [0.4, 0.5) is 5.95 Å². The summed E-state index contributed by atoms with van der Waals surface area (Å²) in [6, 6.07) is 1.53. The Bertz CT molecular complexity index is 464. The van der Waals surface area contributed by atoms with Gasteiger partial charge in [0.1, 0.15) is 6.54 Å². The zero-order chi connectivity index (χ0) is 14.3. The molecule has 0 aliphatic heterocycles. The van der Waals surface area contributed by atoms with E-state index < -0.39 is 11.9 Å². The summed E-state index contributed by atoms with van der Waals surface area (Å²) in [5.74, 6) is -1.23. The van der Waals surface area contributed by atoms with Crippen LogP contribution in [0.3, 0.4) is 0 Å². The van der Waals surface area contributed by atoms with Crippen LogP contribution in [0.1, 0.15) is 12.6 Å². The van der Waals surface area contributed by atoms with Gasteiger partial charge in [0.05, 0.1) is 6.61 Å². The lowest BCUT2D eigenvalue weighted by Gasteiger charge is -2.08. The Balaban J connectivity index is 2.62. The standard InChI is InChI=1S/C11H15N3O5/c1-3-18-10(17)6-19-8-4-7(2)13-11(14-8)12-5-9(15)16/h4H,3,5-6H2,1-2H3,(H,15,16)(H,12,13,14). The van der Waals surface area contributed by atoms with E-state index >= 15 is 0 Å². The number of aromatic nitrogens is 2. The fourth-order valence-corrected chi connectivity index (χ4v) is 1.18. The maximum Gasteiger partial charge on any atom is 0.344 e. The van der Waals surface area contributed by atoms with Crippen LogP contribution in [0.15, 0.2) is 6.07 Å². The molecule has 0 saturated heterocycles. The van der Waals surface area contributed by atoms with Gasteiger partial charge in [0.2, 0.25) is 11.8 Å². The van der Waals surface area contributed by atoms with Crippen LogP contribution in [0.5, 0.6) is 5.88 Å². The monoisotopic (exact) mass is 269 g/mol. The first-order valence-corrected chi connectivity index (χ1v) is 5.61. The van der Waals surface area contributed by atoms with Crippen molar-refractivity contribution in [3.8, 4) is 5.88 Å². The van der Waals surface area contributed by atoms with E-state index in [2.05, 4.69) is 15.3 Å². The number of aryl methyl sites for hydroxylation is 1. The van der Waals surface area contributed by atoms with Gasteiger partial charge in [-0.2, -0.15) is 4.98 Å². The molecule has 0 fully saturated rings. The van der Waals surface area contributed by atoms with Gasteiger partial charge >= 0.3 is 11.9 Å². The zero-order valence-corrected chi connectivity index (χ0v) is 10.7. The quantitative estimate of drug-likeness (QED) is 0.676. The normalized spacial score (nSPS) is 9.79. The van der Waals surface area contributed by atoms with Crippen LogP contribution in [0.2, 0.25) is 0 Å².